The summed E-state index contributed by atoms with van der Waals surface area (Å²) in [6, 6.07) is 6.17. The maximum atomic E-state index is 11.5. The van der Waals surface area contributed by atoms with Gasteiger partial charge in [-0.2, -0.15) is 0 Å². The standard InChI is InChI=1S/C14H19NO3/c1-10(16)14(17)15(2)7-5-11-3-4-13-12(9-11)6-8-18-13/h3-4,9-10,16H,5-8H2,1-2H3. The first-order valence-electron chi connectivity index (χ1n) is 6.25. The highest BCUT2D eigenvalue weighted by Crippen LogP contribution is 2.25. The largest absolute Gasteiger partial charge is 0.493 e. The number of rotatable bonds is 4. The summed E-state index contributed by atoms with van der Waals surface area (Å²) in [6.45, 7) is 2.87. The molecule has 0 aromatic heterocycles. The van der Waals surface area contributed by atoms with Gasteiger partial charge in [-0.15, -0.1) is 0 Å². The highest BCUT2D eigenvalue weighted by Gasteiger charge is 2.15. The fourth-order valence-corrected chi connectivity index (χ4v) is 2.12. The molecule has 0 bridgehead atoms. The fourth-order valence-electron chi connectivity index (χ4n) is 2.12. The van der Waals surface area contributed by atoms with Crippen LogP contribution in [0.3, 0.4) is 0 Å². The highest BCUT2D eigenvalue weighted by atomic mass is 16.5. The first-order valence-corrected chi connectivity index (χ1v) is 6.25. The Morgan fingerprint density at radius 2 is 2.33 bits per heavy atom. The minimum atomic E-state index is -0.927. The van der Waals surface area contributed by atoms with Gasteiger partial charge >= 0.3 is 0 Å². The molecule has 1 aliphatic rings. The molecular weight excluding hydrogens is 230 g/mol. The molecule has 1 unspecified atom stereocenters. The second kappa shape index (κ2) is 5.40. The summed E-state index contributed by atoms with van der Waals surface area (Å²) < 4.78 is 5.45. The van der Waals surface area contributed by atoms with E-state index in [1.165, 1.54) is 18.1 Å². The van der Waals surface area contributed by atoms with Gasteiger partial charge in [0.25, 0.3) is 5.91 Å². The third-order valence-electron chi connectivity index (χ3n) is 3.22. The van der Waals surface area contributed by atoms with Gasteiger partial charge in [0, 0.05) is 20.0 Å². The molecule has 1 aromatic carbocycles. The number of aliphatic hydroxyl groups is 1. The van der Waals surface area contributed by atoms with Crippen LogP contribution < -0.4 is 4.74 Å². The SMILES string of the molecule is CC(O)C(=O)N(C)CCc1ccc2c(c1)CCO2. The summed E-state index contributed by atoms with van der Waals surface area (Å²) in [5, 5.41) is 9.21. The summed E-state index contributed by atoms with van der Waals surface area (Å²) in [7, 11) is 1.71. The van der Waals surface area contributed by atoms with Crippen LogP contribution >= 0.6 is 0 Å². The predicted molar refractivity (Wildman–Crippen MR) is 68.7 cm³/mol. The van der Waals surface area contributed by atoms with E-state index in [2.05, 4.69) is 6.07 Å². The molecule has 18 heavy (non-hydrogen) atoms. The van der Waals surface area contributed by atoms with Crippen molar-refractivity contribution in [1.29, 1.82) is 0 Å². The third kappa shape index (κ3) is 2.82. The third-order valence-corrected chi connectivity index (χ3v) is 3.22. The lowest BCUT2D eigenvalue weighted by Crippen LogP contribution is -2.35. The van der Waals surface area contributed by atoms with Gasteiger partial charge in [0.2, 0.25) is 0 Å². The molecule has 0 fully saturated rings. The van der Waals surface area contributed by atoms with Crippen LogP contribution in [0.4, 0.5) is 0 Å². The predicted octanol–water partition coefficient (Wildman–Crippen LogP) is 1.00. The van der Waals surface area contributed by atoms with Crippen molar-refractivity contribution in [2.24, 2.45) is 0 Å². The lowest BCUT2D eigenvalue weighted by atomic mass is 10.1. The molecule has 1 heterocycles. The Morgan fingerprint density at radius 3 is 3.06 bits per heavy atom. The second-order valence-electron chi connectivity index (χ2n) is 4.73. The molecule has 0 saturated heterocycles. The molecule has 1 aliphatic heterocycles. The van der Waals surface area contributed by atoms with Gasteiger partial charge in [-0.25, -0.2) is 0 Å². The maximum absolute atomic E-state index is 11.5. The molecular formula is C14H19NO3. The number of carbonyl (C=O) groups excluding carboxylic acids is 1. The molecule has 1 atom stereocenters. The number of carbonyl (C=O) groups is 1. The fraction of sp³-hybridized carbons (Fsp3) is 0.500. The molecule has 4 heteroatoms. The average Bonchev–Trinajstić information content (AvgIpc) is 2.82. The lowest BCUT2D eigenvalue weighted by Gasteiger charge is -2.18. The van der Waals surface area contributed by atoms with Crippen molar-refractivity contribution in [3.63, 3.8) is 0 Å². The summed E-state index contributed by atoms with van der Waals surface area (Å²) in [5.41, 5.74) is 2.45. The molecule has 1 aromatic rings. The van der Waals surface area contributed by atoms with Crippen molar-refractivity contribution in [3.05, 3.63) is 29.3 Å². The van der Waals surface area contributed by atoms with Crippen molar-refractivity contribution in [3.8, 4) is 5.75 Å². The van der Waals surface area contributed by atoms with E-state index >= 15 is 0 Å². The quantitative estimate of drug-likeness (QED) is 0.866. The Balaban J connectivity index is 1.92. The lowest BCUT2D eigenvalue weighted by molar-refractivity contribution is -0.137. The van der Waals surface area contributed by atoms with Gasteiger partial charge in [0.1, 0.15) is 11.9 Å². The molecule has 2 rings (SSSR count). The molecule has 1 N–H and O–H groups in total. The van der Waals surface area contributed by atoms with E-state index in [0.717, 1.165) is 25.2 Å². The Morgan fingerprint density at radius 1 is 1.56 bits per heavy atom. The van der Waals surface area contributed by atoms with E-state index in [1.54, 1.807) is 11.9 Å². The molecule has 0 saturated carbocycles. The number of benzene rings is 1. The van der Waals surface area contributed by atoms with E-state index in [-0.39, 0.29) is 5.91 Å². The Labute approximate surface area is 107 Å². The minimum absolute atomic E-state index is 0.237. The molecule has 0 radical (unpaired) electrons. The Bertz CT molecular complexity index is 443. The van der Waals surface area contributed by atoms with Crippen LogP contribution in [0.5, 0.6) is 5.75 Å². The number of hydrogen-bond acceptors (Lipinski definition) is 3. The normalized spacial score (nSPS) is 14.8. The van der Waals surface area contributed by atoms with Crippen LogP contribution in [-0.4, -0.2) is 42.2 Å². The zero-order chi connectivity index (χ0) is 13.1. The first kappa shape index (κ1) is 12.9. The van der Waals surface area contributed by atoms with Crippen LogP contribution in [0.15, 0.2) is 18.2 Å². The molecule has 4 nitrogen and oxygen atoms in total. The van der Waals surface area contributed by atoms with Gasteiger partial charge < -0.3 is 14.7 Å². The minimum Gasteiger partial charge on any atom is -0.493 e. The number of amides is 1. The van der Waals surface area contributed by atoms with E-state index < -0.39 is 6.10 Å². The topological polar surface area (TPSA) is 49.8 Å². The van der Waals surface area contributed by atoms with Crippen LogP contribution in [0.25, 0.3) is 0 Å². The van der Waals surface area contributed by atoms with Crippen molar-refractivity contribution in [2.75, 3.05) is 20.2 Å². The number of hydrogen-bond donors (Lipinski definition) is 1. The van der Waals surface area contributed by atoms with Gasteiger partial charge in [-0.05, 0) is 30.5 Å². The molecule has 1 amide bonds. The van der Waals surface area contributed by atoms with Gasteiger partial charge in [-0.1, -0.05) is 12.1 Å². The van der Waals surface area contributed by atoms with E-state index in [0.29, 0.717) is 6.54 Å². The first-order chi connectivity index (χ1) is 8.58. The van der Waals surface area contributed by atoms with Crippen molar-refractivity contribution in [1.82, 2.24) is 4.90 Å². The maximum Gasteiger partial charge on any atom is 0.250 e. The number of nitrogens with zero attached hydrogens (tertiary/aromatic N) is 1. The number of aliphatic hydroxyl groups excluding tert-OH is 1. The molecule has 0 spiro atoms. The zero-order valence-electron chi connectivity index (χ0n) is 10.8. The highest BCUT2D eigenvalue weighted by molar-refractivity contribution is 5.79. The van der Waals surface area contributed by atoms with Crippen LogP contribution in [-0.2, 0) is 17.6 Å². The molecule has 98 valence electrons. The monoisotopic (exact) mass is 249 g/mol. The summed E-state index contributed by atoms with van der Waals surface area (Å²) in [6.07, 6.45) is 0.830. The van der Waals surface area contributed by atoms with Crippen molar-refractivity contribution in [2.45, 2.75) is 25.9 Å². The summed E-state index contributed by atoms with van der Waals surface area (Å²) in [5.74, 6) is 0.742. The van der Waals surface area contributed by atoms with Gasteiger partial charge in [-0.3, -0.25) is 4.79 Å². The number of ether oxygens (including phenoxy) is 1. The average molecular weight is 249 g/mol. The smallest absolute Gasteiger partial charge is 0.250 e. The van der Waals surface area contributed by atoms with Gasteiger partial charge in [0.05, 0.1) is 6.61 Å². The van der Waals surface area contributed by atoms with Crippen molar-refractivity contribution < 1.29 is 14.6 Å². The van der Waals surface area contributed by atoms with Crippen LogP contribution in [0.1, 0.15) is 18.1 Å². The summed E-state index contributed by atoms with van der Waals surface area (Å²) in [4.78, 5) is 13.1. The Hall–Kier alpha value is -1.55. The molecule has 0 aliphatic carbocycles. The summed E-state index contributed by atoms with van der Waals surface area (Å²) >= 11 is 0. The van der Waals surface area contributed by atoms with E-state index in [1.807, 2.05) is 12.1 Å². The zero-order valence-corrected chi connectivity index (χ0v) is 10.8. The van der Waals surface area contributed by atoms with Crippen LogP contribution in [0.2, 0.25) is 0 Å². The Kier molecular flexibility index (Phi) is 3.87. The van der Waals surface area contributed by atoms with E-state index in [9.17, 15) is 9.90 Å². The van der Waals surface area contributed by atoms with E-state index in [4.69, 9.17) is 4.74 Å². The van der Waals surface area contributed by atoms with Crippen molar-refractivity contribution >= 4 is 5.91 Å². The van der Waals surface area contributed by atoms with Gasteiger partial charge in [0.15, 0.2) is 0 Å². The number of fused-ring (bicyclic) bond motifs is 1. The van der Waals surface area contributed by atoms with Crippen LogP contribution in [0, 0.1) is 0 Å². The number of likely N-dealkylation sites (N-methyl/N-ethyl adjacent to an activating group) is 1. The second-order valence-corrected chi connectivity index (χ2v) is 4.73.